The van der Waals surface area contributed by atoms with Crippen LogP contribution in [-0.4, -0.2) is 0 Å². The Morgan fingerprint density at radius 2 is 1.73 bits per heavy atom. The summed E-state index contributed by atoms with van der Waals surface area (Å²) in [5, 5.41) is 11.6. The van der Waals surface area contributed by atoms with E-state index in [1.54, 1.807) is 13.0 Å². The summed E-state index contributed by atoms with van der Waals surface area (Å²) in [4.78, 5) is 0. The second-order valence-corrected chi connectivity index (χ2v) is 2.70. The summed E-state index contributed by atoms with van der Waals surface area (Å²) in [6.07, 6.45) is 0. The van der Waals surface area contributed by atoms with Gasteiger partial charge in [-0.2, -0.15) is 0 Å². The maximum absolute atomic E-state index is 10.9. The van der Waals surface area contributed by atoms with Gasteiger partial charge in [-0.3, -0.25) is 0 Å². The average Bonchev–Trinajstić information content (AvgIpc) is 1.93. The van der Waals surface area contributed by atoms with Crippen molar-refractivity contribution < 1.29 is 34.7 Å². The number of benzene rings is 1. The third-order valence-corrected chi connectivity index (χ3v) is 2.08. The molecule has 0 unspecified atom stereocenters. The Kier molecular flexibility index (Phi) is 4.49. The fraction of sp³-hybridized carbons (Fsp3) is 0.250. The predicted molar refractivity (Wildman–Crippen MR) is 40.4 cm³/mol. The monoisotopic (exact) mass is 178 g/mol. The van der Waals surface area contributed by atoms with E-state index in [4.69, 9.17) is 11.6 Å². The Labute approximate surface area is 93.7 Å². The quantitative estimate of drug-likeness (QED) is 0.469. The summed E-state index contributed by atoms with van der Waals surface area (Å²) in [6, 6.07) is 3.12. The molecule has 1 aromatic rings. The van der Waals surface area contributed by atoms with Crippen molar-refractivity contribution in [3.63, 3.8) is 0 Å². The SMILES string of the molecule is Cc1c([O-])ccc(Cl)c1C.[Na+]. The van der Waals surface area contributed by atoms with Crippen molar-refractivity contribution in [1.82, 2.24) is 0 Å². The fourth-order valence-electron chi connectivity index (χ4n) is 0.763. The van der Waals surface area contributed by atoms with Crippen molar-refractivity contribution in [2.45, 2.75) is 13.8 Å². The van der Waals surface area contributed by atoms with Crippen LogP contribution in [0.15, 0.2) is 12.1 Å². The van der Waals surface area contributed by atoms with Crippen molar-refractivity contribution in [1.29, 1.82) is 0 Å². The van der Waals surface area contributed by atoms with Crippen LogP contribution in [0.25, 0.3) is 0 Å². The number of rotatable bonds is 0. The summed E-state index contributed by atoms with van der Waals surface area (Å²) in [6.45, 7) is 3.63. The van der Waals surface area contributed by atoms with Crippen molar-refractivity contribution in [3.05, 3.63) is 28.3 Å². The van der Waals surface area contributed by atoms with Gasteiger partial charge < -0.3 is 5.11 Å². The average molecular weight is 179 g/mol. The first-order valence-electron chi connectivity index (χ1n) is 3.05. The number of halogens is 1. The predicted octanol–water partition coefficient (Wildman–Crippen LogP) is -0.966. The standard InChI is InChI=1S/C8H9ClO.Na/c1-5-6(2)8(10)4-3-7(5)9;/h3-4,10H,1-2H3;/q;+1/p-1. The molecule has 1 rings (SSSR count). The van der Waals surface area contributed by atoms with Crippen LogP contribution in [0.2, 0.25) is 5.02 Å². The van der Waals surface area contributed by atoms with Gasteiger partial charge in [-0.05, 0) is 25.5 Å². The Hall–Kier alpha value is 0.310. The molecule has 0 aliphatic rings. The zero-order chi connectivity index (χ0) is 7.72. The van der Waals surface area contributed by atoms with Crippen LogP contribution in [0.4, 0.5) is 0 Å². The Morgan fingerprint density at radius 3 is 2.18 bits per heavy atom. The van der Waals surface area contributed by atoms with Crippen LogP contribution >= 0.6 is 11.6 Å². The molecule has 0 fully saturated rings. The Bertz CT molecular complexity index is 234. The first-order valence-corrected chi connectivity index (χ1v) is 3.43. The van der Waals surface area contributed by atoms with E-state index in [1.165, 1.54) is 6.07 Å². The topological polar surface area (TPSA) is 23.1 Å². The van der Waals surface area contributed by atoms with Crippen molar-refractivity contribution >= 4 is 11.6 Å². The summed E-state index contributed by atoms with van der Waals surface area (Å²) < 4.78 is 0. The van der Waals surface area contributed by atoms with Gasteiger partial charge in [0.25, 0.3) is 0 Å². The molecule has 54 valence electrons. The van der Waals surface area contributed by atoms with Gasteiger partial charge in [-0.15, -0.1) is 5.75 Å². The van der Waals surface area contributed by atoms with Gasteiger partial charge in [0, 0.05) is 5.02 Å². The van der Waals surface area contributed by atoms with Crippen LogP contribution in [0.5, 0.6) is 5.75 Å². The second-order valence-electron chi connectivity index (χ2n) is 2.30. The molecule has 0 N–H and O–H groups in total. The maximum atomic E-state index is 10.9. The van der Waals surface area contributed by atoms with E-state index in [9.17, 15) is 5.11 Å². The van der Waals surface area contributed by atoms with Gasteiger partial charge in [0.1, 0.15) is 0 Å². The molecule has 0 aliphatic carbocycles. The third-order valence-electron chi connectivity index (χ3n) is 1.67. The molecule has 0 radical (unpaired) electrons. The first-order chi connectivity index (χ1) is 4.63. The van der Waals surface area contributed by atoms with Gasteiger partial charge in [-0.25, -0.2) is 0 Å². The number of hydrogen-bond donors (Lipinski definition) is 0. The molecule has 11 heavy (non-hydrogen) atoms. The van der Waals surface area contributed by atoms with Crippen LogP contribution in [0, 0.1) is 13.8 Å². The molecule has 0 aliphatic heterocycles. The minimum absolute atomic E-state index is 0. The van der Waals surface area contributed by atoms with Crippen LogP contribution < -0.4 is 34.7 Å². The molecule has 0 atom stereocenters. The molecule has 0 saturated carbocycles. The molecular weight excluding hydrogens is 171 g/mol. The second kappa shape index (κ2) is 4.36. The van der Waals surface area contributed by atoms with Crippen molar-refractivity contribution in [2.75, 3.05) is 0 Å². The minimum Gasteiger partial charge on any atom is -0.872 e. The third kappa shape index (κ3) is 2.38. The van der Waals surface area contributed by atoms with E-state index in [0.29, 0.717) is 5.02 Å². The van der Waals surface area contributed by atoms with Crippen molar-refractivity contribution in [3.8, 4) is 5.75 Å². The van der Waals surface area contributed by atoms with E-state index >= 15 is 0 Å². The number of hydrogen-bond acceptors (Lipinski definition) is 1. The molecule has 0 saturated heterocycles. The van der Waals surface area contributed by atoms with E-state index in [-0.39, 0.29) is 35.3 Å². The largest absolute Gasteiger partial charge is 1.00 e. The minimum atomic E-state index is 0. The van der Waals surface area contributed by atoms with E-state index in [2.05, 4.69) is 0 Å². The first kappa shape index (κ1) is 11.3. The van der Waals surface area contributed by atoms with Crippen LogP contribution in [0.1, 0.15) is 11.1 Å². The summed E-state index contributed by atoms with van der Waals surface area (Å²) in [5.74, 6) is 0.0573. The van der Waals surface area contributed by atoms with Crippen molar-refractivity contribution in [2.24, 2.45) is 0 Å². The normalized spacial score (nSPS) is 9.00. The Morgan fingerprint density at radius 1 is 1.18 bits per heavy atom. The molecule has 0 heterocycles. The zero-order valence-corrected chi connectivity index (χ0v) is 9.70. The molecule has 0 aromatic heterocycles. The zero-order valence-electron chi connectivity index (χ0n) is 6.94. The van der Waals surface area contributed by atoms with Gasteiger partial charge >= 0.3 is 29.6 Å². The molecule has 1 aromatic carbocycles. The summed E-state index contributed by atoms with van der Waals surface area (Å²) in [7, 11) is 0. The maximum Gasteiger partial charge on any atom is 1.00 e. The van der Waals surface area contributed by atoms with Gasteiger partial charge in [0.05, 0.1) is 0 Å². The molecule has 3 heteroatoms. The molecule has 0 bridgehead atoms. The Balaban J connectivity index is 0.000001000. The fourth-order valence-corrected chi connectivity index (χ4v) is 0.968. The van der Waals surface area contributed by atoms with E-state index in [1.807, 2.05) is 6.92 Å². The van der Waals surface area contributed by atoms with E-state index in [0.717, 1.165) is 11.1 Å². The van der Waals surface area contributed by atoms with Gasteiger partial charge in [0.2, 0.25) is 0 Å². The van der Waals surface area contributed by atoms with Gasteiger partial charge in [0.15, 0.2) is 0 Å². The summed E-state index contributed by atoms with van der Waals surface area (Å²) in [5.41, 5.74) is 1.63. The molecule has 0 spiro atoms. The molecule has 1 nitrogen and oxygen atoms in total. The summed E-state index contributed by atoms with van der Waals surface area (Å²) >= 11 is 5.75. The van der Waals surface area contributed by atoms with Crippen LogP contribution in [0.3, 0.4) is 0 Å². The van der Waals surface area contributed by atoms with E-state index < -0.39 is 0 Å². The smallest absolute Gasteiger partial charge is 0.872 e. The van der Waals surface area contributed by atoms with Gasteiger partial charge in [-0.1, -0.05) is 23.2 Å². The molecule has 0 amide bonds. The van der Waals surface area contributed by atoms with Crippen LogP contribution in [-0.2, 0) is 0 Å². The molecular formula is C8H8ClNaO.